The van der Waals surface area contributed by atoms with Gasteiger partial charge < -0.3 is 29.6 Å². The molecular formula is C22H35F3N5O8PS. The molecular weight excluding hydrogens is 582 g/mol. The maximum atomic E-state index is 15.1. The van der Waals surface area contributed by atoms with Crippen LogP contribution in [0.15, 0.2) is 17.1 Å². The number of carbonyl (C=O) groups excluding carboxylic acids is 2. The number of hydrogen-bond acceptors (Lipinski definition) is 11. The van der Waals surface area contributed by atoms with Crippen molar-refractivity contribution in [1.82, 2.24) is 19.7 Å². The van der Waals surface area contributed by atoms with Gasteiger partial charge in [-0.2, -0.15) is 4.98 Å². The van der Waals surface area contributed by atoms with Gasteiger partial charge in [-0.3, -0.25) is 14.2 Å². The first-order valence-electron chi connectivity index (χ1n) is 12.3. The number of alkyl halides is 3. The summed E-state index contributed by atoms with van der Waals surface area (Å²) in [5.41, 5.74) is 1.31. The van der Waals surface area contributed by atoms with Crippen LogP contribution in [0.3, 0.4) is 0 Å². The van der Waals surface area contributed by atoms with Crippen LogP contribution < -0.4 is 21.6 Å². The number of nitrogen functional groups attached to an aromatic ring is 1. The van der Waals surface area contributed by atoms with E-state index in [1.54, 1.807) is 27.7 Å². The molecule has 5 N–H and O–H groups in total. The number of nitrogens with one attached hydrogen (secondary N) is 2. The number of anilines is 1. The van der Waals surface area contributed by atoms with Gasteiger partial charge in [-0.05, 0) is 59.4 Å². The Balaban J connectivity index is 2.38. The fourth-order valence-electron chi connectivity index (χ4n) is 3.57. The normalized spacial score (nSPS) is 26.1. The van der Waals surface area contributed by atoms with Gasteiger partial charge in [0.25, 0.3) is 6.43 Å². The van der Waals surface area contributed by atoms with Crippen molar-refractivity contribution in [2.45, 2.75) is 96.4 Å². The number of aliphatic hydroxyl groups is 1. The second-order valence-corrected chi connectivity index (χ2v) is 13.1. The Bertz CT molecular complexity index is 1130. The average molecular weight is 618 g/mol. The average Bonchev–Trinajstić information content (AvgIpc) is 3.08. The summed E-state index contributed by atoms with van der Waals surface area (Å²) in [5.74, 6) is -1.72. The number of aliphatic hydroxyl groups excluding tert-OH is 1. The number of ether oxygens (including phenoxy) is 3. The lowest BCUT2D eigenvalue weighted by molar-refractivity contribution is -0.191. The highest BCUT2D eigenvalue weighted by atomic mass is 32.4. The van der Waals surface area contributed by atoms with E-state index in [0.717, 1.165) is 12.3 Å². The molecule has 0 aromatic carbocycles. The van der Waals surface area contributed by atoms with Gasteiger partial charge >= 0.3 is 17.6 Å². The summed E-state index contributed by atoms with van der Waals surface area (Å²) in [6, 6.07) is -1.18. The maximum Gasteiger partial charge on any atom is 0.351 e. The molecule has 1 aliphatic heterocycles. The van der Waals surface area contributed by atoms with Crippen LogP contribution in [0.1, 0.15) is 47.8 Å². The highest BCUT2D eigenvalue weighted by molar-refractivity contribution is 8.10. The van der Waals surface area contributed by atoms with Crippen molar-refractivity contribution in [2.24, 2.45) is 0 Å². The smallest absolute Gasteiger partial charge is 0.351 e. The number of hydrogen-bond donors (Lipinski definition) is 4. The molecule has 0 aliphatic carbocycles. The van der Waals surface area contributed by atoms with Crippen molar-refractivity contribution < 1.29 is 46.6 Å². The molecule has 1 aromatic rings. The quantitative estimate of drug-likeness (QED) is 0.183. The molecule has 228 valence electrons. The second-order valence-electron chi connectivity index (χ2n) is 9.69. The van der Waals surface area contributed by atoms with Crippen LogP contribution in [0.2, 0.25) is 0 Å². The Kier molecular flexibility index (Phi) is 11.7. The lowest BCUT2D eigenvalue weighted by atomic mass is 9.97. The standard InChI is InChI=1S/C22H35F3N5O8PS/c1-10(2)36-18(32)12(5)28-39(40,29-13(6)19(33)37-11(3)4)35-9-22(20(24)25)16(31)15(23)17(38-22)30-8-7-14(26)27-21(30)34/h7-8,10-13,15-17,20,31H,9H2,1-6H3,(H2,26,27,34)(H2,28,29,40). The number of esters is 2. The van der Waals surface area contributed by atoms with E-state index in [1.165, 1.54) is 13.8 Å². The van der Waals surface area contributed by atoms with Crippen LogP contribution in [-0.4, -0.2) is 81.8 Å². The van der Waals surface area contributed by atoms with Gasteiger partial charge in [-0.25, -0.2) is 28.1 Å². The van der Waals surface area contributed by atoms with E-state index in [9.17, 15) is 28.3 Å². The third-order valence-corrected chi connectivity index (χ3v) is 8.42. The highest BCUT2D eigenvalue weighted by Gasteiger charge is 2.62. The molecule has 6 unspecified atom stereocenters. The first-order chi connectivity index (χ1) is 18.4. The number of aromatic nitrogens is 2. The Morgan fingerprint density at radius 3 is 2.10 bits per heavy atom. The summed E-state index contributed by atoms with van der Waals surface area (Å²) < 4.78 is 65.7. The third kappa shape index (κ3) is 8.21. The van der Waals surface area contributed by atoms with Crippen molar-refractivity contribution in [3.63, 3.8) is 0 Å². The van der Waals surface area contributed by atoms with E-state index in [1.807, 2.05) is 0 Å². The van der Waals surface area contributed by atoms with E-state index < -0.39 is 85.6 Å². The molecule has 1 aromatic heterocycles. The van der Waals surface area contributed by atoms with E-state index in [2.05, 4.69) is 15.2 Å². The molecule has 0 bridgehead atoms. The number of nitrogens with two attached hydrogens (primary N) is 1. The molecule has 0 spiro atoms. The highest BCUT2D eigenvalue weighted by Crippen LogP contribution is 2.47. The minimum atomic E-state index is -3.83. The van der Waals surface area contributed by atoms with Gasteiger partial charge in [0.05, 0.1) is 18.8 Å². The van der Waals surface area contributed by atoms with Crippen molar-refractivity contribution in [1.29, 1.82) is 0 Å². The summed E-state index contributed by atoms with van der Waals surface area (Å²) >= 11 is 5.51. The Labute approximate surface area is 234 Å². The van der Waals surface area contributed by atoms with Crippen molar-refractivity contribution in [3.05, 3.63) is 22.7 Å². The number of halogens is 3. The van der Waals surface area contributed by atoms with E-state index in [4.69, 9.17) is 36.3 Å². The van der Waals surface area contributed by atoms with Crippen molar-refractivity contribution >= 4 is 36.1 Å². The minimum Gasteiger partial charge on any atom is -0.462 e. The van der Waals surface area contributed by atoms with Gasteiger partial charge in [0.2, 0.25) is 0 Å². The minimum absolute atomic E-state index is 0.202. The van der Waals surface area contributed by atoms with Crippen LogP contribution in [0.5, 0.6) is 0 Å². The Morgan fingerprint density at radius 1 is 1.18 bits per heavy atom. The van der Waals surface area contributed by atoms with Gasteiger partial charge in [-0.1, -0.05) is 0 Å². The Hall–Kier alpha value is -2.14. The van der Waals surface area contributed by atoms with Gasteiger partial charge in [-0.15, -0.1) is 0 Å². The predicted octanol–water partition coefficient (Wildman–Crippen LogP) is 1.16. The molecule has 0 radical (unpaired) electrons. The summed E-state index contributed by atoms with van der Waals surface area (Å²) in [5, 5.41) is 15.9. The molecule has 6 atom stereocenters. The molecule has 13 nitrogen and oxygen atoms in total. The van der Waals surface area contributed by atoms with Crippen LogP contribution in [-0.2, 0) is 40.1 Å². The third-order valence-electron chi connectivity index (χ3n) is 5.52. The molecule has 0 amide bonds. The molecule has 2 rings (SSSR count). The lowest BCUT2D eigenvalue weighted by Crippen LogP contribution is -2.53. The van der Waals surface area contributed by atoms with Crippen molar-refractivity contribution in [2.75, 3.05) is 12.3 Å². The molecule has 2 heterocycles. The summed E-state index contributed by atoms with van der Waals surface area (Å²) in [7, 11) is 0. The zero-order valence-corrected chi connectivity index (χ0v) is 24.5. The monoisotopic (exact) mass is 617 g/mol. The summed E-state index contributed by atoms with van der Waals surface area (Å²) in [4.78, 5) is 40.4. The van der Waals surface area contributed by atoms with E-state index in [0.29, 0.717) is 4.57 Å². The molecule has 1 saturated heterocycles. The van der Waals surface area contributed by atoms with E-state index in [-0.39, 0.29) is 5.82 Å². The van der Waals surface area contributed by atoms with Gasteiger partial charge in [0.15, 0.2) is 24.6 Å². The topological polar surface area (TPSA) is 176 Å². The fraction of sp³-hybridized carbons (Fsp3) is 0.727. The maximum absolute atomic E-state index is 15.1. The first kappa shape index (κ1) is 34.1. The second kappa shape index (κ2) is 13.7. The molecule has 40 heavy (non-hydrogen) atoms. The lowest BCUT2D eigenvalue weighted by Gasteiger charge is -2.35. The molecule has 1 aliphatic rings. The van der Waals surface area contributed by atoms with Crippen LogP contribution in [0.4, 0.5) is 19.0 Å². The number of rotatable bonds is 13. The van der Waals surface area contributed by atoms with Crippen LogP contribution in [0.25, 0.3) is 0 Å². The number of carbonyl (C=O) groups is 2. The summed E-state index contributed by atoms with van der Waals surface area (Å²) in [6.45, 7) is 4.12. The zero-order valence-electron chi connectivity index (χ0n) is 22.7. The van der Waals surface area contributed by atoms with Gasteiger partial charge in [0.1, 0.15) is 24.0 Å². The largest absolute Gasteiger partial charge is 0.462 e. The van der Waals surface area contributed by atoms with E-state index >= 15 is 4.39 Å². The zero-order chi connectivity index (χ0) is 30.6. The van der Waals surface area contributed by atoms with Crippen LogP contribution in [0, 0.1) is 0 Å². The first-order valence-corrected chi connectivity index (χ1v) is 15.0. The molecule has 18 heteroatoms. The number of nitrogens with zero attached hydrogens (tertiary/aromatic N) is 2. The van der Waals surface area contributed by atoms with Gasteiger partial charge in [0, 0.05) is 6.20 Å². The molecule has 1 fully saturated rings. The van der Waals surface area contributed by atoms with Crippen LogP contribution >= 0.6 is 6.57 Å². The fourth-order valence-corrected chi connectivity index (χ4v) is 6.51. The van der Waals surface area contributed by atoms with Crippen molar-refractivity contribution in [3.8, 4) is 0 Å². The Morgan fingerprint density at radius 2 is 1.68 bits per heavy atom. The summed E-state index contributed by atoms with van der Waals surface area (Å²) in [6.07, 6.45) is -10.6. The SMILES string of the molecule is CC(C)OC(=O)C(C)NP(=S)(NC(C)C(=O)OC(C)C)OCC1(C(F)F)OC(n2ccc(N)nc2=O)C(F)C1O. The molecule has 0 saturated carbocycles. The predicted molar refractivity (Wildman–Crippen MR) is 141 cm³/mol.